The first-order valence-electron chi connectivity index (χ1n) is 8.10. The highest BCUT2D eigenvalue weighted by molar-refractivity contribution is 5.97. The maximum absolute atomic E-state index is 12.4. The largest absolute Gasteiger partial charge is 0.479 e. The van der Waals surface area contributed by atoms with E-state index in [1.54, 1.807) is 19.1 Å². The first-order valence-corrected chi connectivity index (χ1v) is 8.10. The van der Waals surface area contributed by atoms with E-state index >= 15 is 0 Å². The standard InChI is InChI=1S/C19H21N3O3/c1-12-18(23)21-16-9-13(7-8-17(16)25-12)11-20-19(24)14-5-4-6-15(10-14)22(2)3/h4-10,12H,11H2,1-3H3,(H,20,24)(H,21,23). The van der Waals surface area contributed by atoms with Gasteiger partial charge in [0, 0.05) is 31.9 Å². The molecule has 0 aliphatic carbocycles. The van der Waals surface area contributed by atoms with Crippen LogP contribution in [0.25, 0.3) is 0 Å². The van der Waals surface area contributed by atoms with Crippen LogP contribution in [0.3, 0.4) is 0 Å². The molecule has 130 valence electrons. The number of carbonyl (C=O) groups excluding carboxylic acids is 2. The summed E-state index contributed by atoms with van der Waals surface area (Å²) in [4.78, 5) is 26.0. The van der Waals surface area contributed by atoms with Crippen LogP contribution in [0.1, 0.15) is 22.8 Å². The van der Waals surface area contributed by atoms with Crippen molar-refractivity contribution in [3.8, 4) is 5.75 Å². The van der Waals surface area contributed by atoms with E-state index in [9.17, 15) is 9.59 Å². The van der Waals surface area contributed by atoms with Crippen molar-refractivity contribution >= 4 is 23.2 Å². The fraction of sp³-hybridized carbons (Fsp3) is 0.263. The Balaban J connectivity index is 1.68. The molecule has 25 heavy (non-hydrogen) atoms. The number of ether oxygens (including phenoxy) is 1. The number of amides is 2. The second kappa shape index (κ2) is 6.84. The predicted molar refractivity (Wildman–Crippen MR) is 97.1 cm³/mol. The zero-order chi connectivity index (χ0) is 18.0. The number of hydrogen-bond donors (Lipinski definition) is 2. The highest BCUT2D eigenvalue weighted by atomic mass is 16.5. The van der Waals surface area contributed by atoms with Crippen molar-refractivity contribution in [2.45, 2.75) is 19.6 Å². The van der Waals surface area contributed by atoms with Crippen LogP contribution in [0, 0.1) is 0 Å². The van der Waals surface area contributed by atoms with E-state index in [-0.39, 0.29) is 11.8 Å². The number of nitrogens with zero attached hydrogens (tertiary/aromatic N) is 1. The Labute approximate surface area is 146 Å². The van der Waals surface area contributed by atoms with E-state index in [0.717, 1.165) is 11.3 Å². The van der Waals surface area contributed by atoms with Gasteiger partial charge in [-0.3, -0.25) is 9.59 Å². The monoisotopic (exact) mass is 339 g/mol. The van der Waals surface area contributed by atoms with Gasteiger partial charge in [-0.15, -0.1) is 0 Å². The molecular formula is C19H21N3O3. The minimum Gasteiger partial charge on any atom is -0.479 e. The smallest absolute Gasteiger partial charge is 0.265 e. The lowest BCUT2D eigenvalue weighted by atomic mass is 10.1. The molecule has 2 aromatic carbocycles. The molecule has 1 aliphatic heterocycles. The van der Waals surface area contributed by atoms with E-state index in [1.807, 2.05) is 49.3 Å². The van der Waals surface area contributed by atoms with E-state index in [0.29, 0.717) is 23.5 Å². The molecule has 0 radical (unpaired) electrons. The van der Waals surface area contributed by atoms with Gasteiger partial charge in [-0.2, -0.15) is 0 Å². The molecule has 0 saturated heterocycles. The van der Waals surface area contributed by atoms with E-state index in [1.165, 1.54) is 0 Å². The molecule has 6 nitrogen and oxygen atoms in total. The Hall–Kier alpha value is -3.02. The summed E-state index contributed by atoms with van der Waals surface area (Å²) in [5.41, 5.74) is 3.09. The van der Waals surface area contributed by atoms with Crippen LogP contribution in [-0.2, 0) is 11.3 Å². The minimum atomic E-state index is -0.498. The number of fused-ring (bicyclic) bond motifs is 1. The molecule has 0 bridgehead atoms. The molecule has 1 unspecified atom stereocenters. The molecule has 0 fully saturated rings. The van der Waals surface area contributed by atoms with Gasteiger partial charge in [0.25, 0.3) is 11.8 Å². The molecule has 6 heteroatoms. The zero-order valence-corrected chi connectivity index (χ0v) is 14.5. The molecule has 1 atom stereocenters. The number of anilines is 2. The van der Waals surface area contributed by atoms with Gasteiger partial charge >= 0.3 is 0 Å². The molecule has 1 heterocycles. The van der Waals surface area contributed by atoms with Gasteiger partial charge in [-0.1, -0.05) is 12.1 Å². The van der Waals surface area contributed by atoms with Crippen LogP contribution in [-0.4, -0.2) is 32.0 Å². The van der Waals surface area contributed by atoms with E-state index in [2.05, 4.69) is 10.6 Å². The first-order chi connectivity index (χ1) is 11.9. The van der Waals surface area contributed by atoms with Gasteiger partial charge in [-0.05, 0) is 42.8 Å². The van der Waals surface area contributed by atoms with E-state index < -0.39 is 6.10 Å². The van der Waals surface area contributed by atoms with Crippen LogP contribution in [0.5, 0.6) is 5.75 Å². The lowest BCUT2D eigenvalue weighted by Gasteiger charge is -2.23. The molecular weight excluding hydrogens is 318 g/mol. The lowest BCUT2D eigenvalue weighted by molar-refractivity contribution is -0.122. The first kappa shape index (κ1) is 16.8. The van der Waals surface area contributed by atoms with Gasteiger partial charge in [0.15, 0.2) is 6.10 Å². The fourth-order valence-electron chi connectivity index (χ4n) is 2.58. The highest BCUT2D eigenvalue weighted by Crippen LogP contribution is 2.30. The van der Waals surface area contributed by atoms with Crippen molar-refractivity contribution in [2.75, 3.05) is 24.3 Å². The number of carbonyl (C=O) groups is 2. The zero-order valence-electron chi connectivity index (χ0n) is 14.5. The second-order valence-electron chi connectivity index (χ2n) is 6.21. The maximum Gasteiger partial charge on any atom is 0.265 e. The topological polar surface area (TPSA) is 70.7 Å². The van der Waals surface area contributed by atoms with Gasteiger partial charge in [0.2, 0.25) is 0 Å². The Morgan fingerprint density at radius 1 is 1.24 bits per heavy atom. The fourth-order valence-corrected chi connectivity index (χ4v) is 2.58. The SMILES string of the molecule is CC1Oc2ccc(CNC(=O)c3cccc(N(C)C)c3)cc2NC1=O. The summed E-state index contributed by atoms with van der Waals surface area (Å²) in [6.07, 6.45) is -0.498. The molecule has 2 N–H and O–H groups in total. The van der Waals surface area contributed by atoms with Crippen molar-refractivity contribution < 1.29 is 14.3 Å². The Bertz CT molecular complexity index is 817. The molecule has 2 amide bonds. The number of hydrogen-bond acceptors (Lipinski definition) is 4. The molecule has 1 aliphatic rings. The van der Waals surface area contributed by atoms with Crippen LogP contribution in [0.4, 0.5) is 11.4 Å². The van der Waals surface area contributed by atoms with Crippen molar-refractivity contribution in [3.63, 3.8) is 0 Å². The minimum absolute atomic E-state index is 0.143. The molecule has 0 saturated carbocycles. The van der Waals surface area contributed by atoms with Gasteiger partial charge < -0.3 is 20.3 Å². The third-order valence-corrected chi connectivity index (χ3v) is 4.05. The lowest BCUT2D eigenvalue weighted by Crippen LogP contribution is -2.34. The van der Waals surface area contributed by atoms with Crippen molar-refractivity contribution in [3.05, 3.63) is 53.6 Å². The third-order valence-electron chi connectivity index (χ3n) is 4.05. The number of rotatable bonds is 4. The van der Waals surface area contributed by atoms with Crippen LogP contribution in [0.2, 0.25) is 0 Å². The summed E-state index contributed by atoms with van der Waals surface area (Å²) < 4.78 is 5.53. The highest BCUT2D eigenvalue weighted by Gasteiger charge is 2.23. The van der Waals surface area contributed by atoms with E-state index in [4.69, 9.17) is 4.74 Å². The van der Waals surface area contributed by atoms with Crippen LogP contribution >= 0.6 is 0 Å². The summed E-state index contributed by atoms with van der Waals surface area (Å²) in [6, 6.07) is 12.9. The number of benzene rings is 2. The Kier molecular flexibility index (Phi) is 4.61. The summed E-state index contributed by atoms with van der Waals surface area (Å²) in [6.45, 7) is 2.07. The van der Waals surface area contributed by atoms with Crippen molar-refractivity contribution in [1.82, 2.24) is 5.32 Å². The number of nitrogens with one attached hydrogen (secondary N) is 2. The Morgan fingerprint density at radius 3 is 2.80 bits per heavy atom. The van der Waals surface area contributed by atoms with Crippen LogP contribution in [0.15, 0.2) is 42.5 Å². The summed E-state index contributed by atoms with van der Waals surface area (Å²) in [7, 11) is 3.86. The Morgan fingerprint density at radius 2 is 2.04 bits per heavy atom. The van der Waals surface area contributed by atoms with Crippen molar-refractivity contribution in [2.24, 2.45) is 0 Å². The van der Waals surface area contributed by atoms with Crippen molar-refractivity contribution in [1.29, 1.82) is 0 Å². The van der Waals surface area contributed by atoms with Gasteiger partial charge in [-0.25, -0.2) is 0 Å². The molecule has 0 aromatic heterocycles. The van der Waals surface area contributed by atoms with Crippen LogP contribution < -0.4 is 20.3 Å². The summed E-state index contributed by atoms with van der Waals surface area (Å²) in [5, 5.41) is 5.70. The normalized spacial score (nSPS) is 15.6. The predicted octanol–water partition coefficient (Wildman–Crippen LogP) is 2.40. The second-order valence-corrected chi connectivity index (χ2v) is 6.21. The molecule has 0 spiro atoms. The third kappa shape index (κ3) is 3.74. The average Bonchev–Trinajstić information content (AvgIpc) is 2.60. The maximum atomic E-state index is 12.4. The quantitative estimate of drug-likeness (QED) is 0.897. The molecule has 2 aromatic rings. The summed E-state index contributed by atoms with van der Waals surface area (Å²) in [5.74, 6) is 0.324. The molecule has 3 rings (SSSR count). The van der Waals surface area contributed by atoms with Gasteiger partial charge in [0.05, 0.1) is 5.69 Å². The summed E-state index contributed by atoms with van der Waals surface area (Å²) >= 11 is 0. The van der Waals surface area contributed by atoms with Gasteiger partial charge in [0.1, 0.15) is 5.75 Å². The average molecular weight is 339 g/mol.